The van der Waals surface area contributed by atoms with Gasteiger partial charge in [-0.05, 0) is 86.3 Å². The van der Waals surface area contributed by atoms with E-state index in [2.05, 4.69) is 19.1 Å². The number of esters is 1. The minimum absolute atomic E-state index is 0.126. The van der Waals surface area contributed by atoms with Crippen molar-refractivity contribution in [1.29, 1.82) is 0 Å². The SMILES string of the molecule is CCCC(=O)Oc1ccc(C2CCC(C3CCC(CCC)CC3)CC2)cc1. The molecule has 0 aliphatic heterocycles. The van der Waals surface area contributed by atoms with Crippen LogP contribution >= 0.6 is 0 Å². The smallest absolute Gasteiger partial charge is 0.311 e. The molecule has 27 heavy (non-hydrogen) atoms. The Labute approximate surface area is 166 Å². The second-order valence-corrected chi connectivity index (χ2v) is 8.97. The molecule has 3 rings (SSSR count). The molecule has 0 radical (unpaired) electrons. The summed E-state index contributed by atoms with van der Waals surface area (Å²) >= 11 is 0. The van der Waals surface area contributed by atoms with E-state index in [1.807, 2.05) is 19.1 Å². The molecule has 0 amide bonds. The summed E-state index contributed by atoms with van der Waals surface area (Å²) in [6.07, 6.45) is 15.5. The fourth-order valence-corrected chi connectivity index (χ4v) is 5.48. The number of benzene rings is 1. The number of rotatable bonds is 7. The molecule has 2 saturated carbocycles. The first kappa shape index (κ1) is 20.4. The Bertz CT molecular complexity index is 560. The van der Waals surface area contributed by atoms with Crippen LogP contribution in [0, 0.1) is 17.8 Å². The molecule has 2 aliphatic rings. The Kier molecular flexibility index (Phi) is 7.79. The number of hydrogen-bond acceptors (Lipinski definition) is 2. The molecule has 0 aromatic heterocycles. The maximum atomic E-state index is 11.6. The third-order valence-electron chi connectivity index (χ3n) is 7.06. The number of hydrogen-bond donors (Lipinski definition) is 0. The average Bonchev–Trinajstić information content (AvgIpc) is 2.70. The predicted octanol–water partition coefficient (Wildman–Crippen LogP) is 7.27. The van der Waals surface area contributed by atoms with Gasteiger partial charge in [-0.1, -0.05) is 51.7 Å². The summed E-state index contributed by atoms with van der Waals surface area (Å²) in [4.78, 5) is 11.6. The van der Waals surface area contributed by atoms with Gasteiger partial charge in [-0.25, -0.2) is 0 Å². The zero-order valence-corrected chi connectivity index (χ0v) is 17.4. The molecule has 1 aromatic rings. The second-order valence-electron chi connectivity index (χ2n) is 8.97. The van der Waals surface area contributed by atoms with Crippen molar-refractivity contribution in [3.8, 4) is 5.75 Å². The van der Waals surface area contributed by atoms with Crippen LogP contribution in [-0.2, 0) is 4.79 Å². The van der Waals surface area contributed by atoms with Gasteiger partial charge in [0.25, 0.3) is 0 Å². The van der Waals surface area contributed by atoms with Gasteiger partial charge in [-0.2, -0.15) is 0 Å². The molecule has 2 aliphatic carbocycles. The van der Waals surface area contributed by atoms with Crippen LogP contribution < -0.4 is 4.74 Å². The largest absolute Gasteiger partial charge is 0.427 e. The lowest BCUT2D eigenvalue weighted by molar-refractivity contribution is -0.134. The molecule has 1 aromatic carbocycles. The maximum absolute atomic E-state index is 11.6. The van der Waals surface area contributed by atoms with Crippen LogP contribution in [0.25, 0.3) is 0 Å². The summed E-state index contributed by atoms with van der Waals surface area (Å²) in [5, 5.41) is 0. The summed E-state index contributed by atoms with van der Waals surface area (Å²) in [6, 6.07) is 8.30. The lowest BCUT2D eigenvalue weighted by Gasteiger charge is -2.38. The van der Waals surface area contributed by atoms with Crippen LogP contribution in [0.3, 0.4) is 0 Å². The van der Waals surface area contributed by atoms with Crippen molar-refractivity contribution < 1.29 is 9.53 Å². The van der Waals surface area contributed by atoms with E-state index >= 15 is 0 Å². The number of ether oxygens (including phenoxy) is 1. The molecule has 0 spiro atoms. The van der Waals surface area contributed by atoms with Crippen molar-refractivity contribution in [3.05, 3.63) is 29.8 Å². The standard InChI is InChI=1S/C25H38O2/c1-3-5-19-7-9-20(10-8-19)21-11-13-22(14-12-21)23-15-17-24(18-16-23)27-25(26)6-4-2/h15-22H,3-14H2,1-2H3. The Balaban J connectivity index is 1.44. The minimum atomic E-state index is -0.126. The van der Waals surface area contributed by atoms with Crippen molar-refractivity contribution in [2.45, 2.75) is 96.8 Å². The molecule has 0 saturated heterocycles. The molecule has 0 N–H and O–H groups in total. The monoisotopic (exact) mass is 370 g/mol. The Morgan fingerprint density at radius 3 is 2.00 bits per heavy atom. The Morgan fingerprint density at radius 1 is 0.852 bits per heavy atom. The van der Waals surface area contributed by atoms with Crippen molar-refractivity contribution in [2.24, 2.45) is 17.8 Å². The number of carbonyl (C=O) groups is 1. The molecular weight excluding hydrogens is 332 g/mol. The summed E-state index contributed by atoms with van der Waals surface area (Å²) in [7, 11) is 0. The van der Waals surface area contributed by atoms with Crippen molar-refractivity contribution >= 4 is 5.97 Å². The van der Waals surface area contributed by atoms with E-state index in [9.17, 15) is 4.79 Å². The van der Waals surface area contributed by atoms with Crippen LogP contribution in [0.1, 0.15) is 102 Å². The zero-order valence-electron chi connectivity index (χ0n) is 17.4. The van der Waals surface area contributed by atoms with Gasteiger partial charge in [0.2, 0.25) is 0 Å². The maximum Gasteiger partial charge on any atom is 0.311 e. The summed E-state index contributed by atoms with van der Waals surface area (Å²) < 4.78 is 5.38. The van der Waals surface area contributed by atoms with E-state index in [1.165, 1.54) is 69.8 Å². The second kappa shape index (κ2) is 10.3. The average molecular weight is 371 g/mol. The summed E-state index contributed by atoms with van der Waals surface area (Å²) in [5.41, 5.74) is 1.43. The molecule has 0 atom stereocenters. The third kappa shape index (κ3) is 5.83. The molecule has 2 nitrogen and oxygen atoms in total. The molecule has 2 fully saturated rings. The minimum Gasteiger partial charge on any atom is -0.427 e. The van der Waals surface area contributed by atoms with Gasteiger partial charge in [-0.15, -0.1) is 0 Å². The molecule has 0 unspecified atom stereocenters. The summed E-state index contributed by atoms with van der Waals surface area (Å²) in [5.74, 6) is 4.25. The van der Waals surface area contributed by atoms with Crippen LogP contribution in [0.5, 0.6) is 5.75 Å². The predicted molar refractivity (Wildman–Crippen MR) is 112 cm³/mol. The third-order valence-corrected chi connectivity index (χ3v) is 7.06. The van der Waals surface area contributed by atoms with Crippen molar-refractivity contribution in [3.63, 3.8) is 0 Å². The van der Waals surface area contributed by atoms with Gasteiger partial charge in [0.1, 0.15) is 5.75 Å². The molecule has 150 valence electrons. The van der Waals surface area contributed by atoms with Gasteiger partial charge >= 0.3 is 5.97 Å². The van der Waals surface area contributed by atoms with Gasteiger partial charge in [0.05, 0.1) is 0 Å². The highest BCUT2D eigenvalue weighted by atomic mass is 16.5. The van der Waals surface area contributed by atoms with Crippen LogP contribution in [0.15, 0.2) is 24.3 Å². The quantitative estimate of drug-likeness (QED) is 0.372. The number of carbonyl (C=O) groups excluding carboxylic acids is 1. The van der Waals surface area contributed by atoms with E-state index in [1.54, 1.807) is 0 Å². The topological polar surface area (TPSA) is 26.3 Å². The molecule has 0 bridgehead atoms. The molecule has 0 heterocycles. The fraction of sp³-hybridized carbons (Fsp3) is 0.720. The Hall–Kier alpha value is -1.31. The van der Waals surface area contributed by atoms with Gasteiger partial charge < -0.3 is 4.74 Å². The lowest BCUT2D eigenvalue weighted by Crippen LogP contribution is -2.25. The normalized spacial score (nSPS) is 28.7. The van der Waals surface area contributed by atoms with Crippen molar-refractivity contribution in [1.82, 2.24) is 0 Å². The first-order valence-electron chi connectivity index (χ1n) is 11.5. The van der Waals surface area contributed by atoms with Crippen LogP contribution in [0.4, 0.5) is 0 Å². The van der Waals surface area contributed by atoms with Gasteiger partial charge in [0.15, 0.2) is 0 Å². The fourth-order valence-electron chi connectivity index (χ4n) is 5.48. The highest BCUT2D eigenvalue weighted by Crippen LogP contribution is 2.44. The molecule has 2 heteroatoms. The van der Waals surface area contributed by atoms with Gasteiger partial charge in [-0.3, -0.25) is 4.79 Å². The van der Waals surface area contributed by atoms with Crippen LogP contribution in [0.2, 0.25) is 0 Å². The summed E-state index contributed by atoms with van der Waals surface area (Å²) in [6.45, 7) is 4.33. The van der Waals surface area contributed by atoms with E-state index in [4.69, 9.17) is 4.74 Å². The van der Waals surface area contributed by atoms with Gasteiger partial charge in [0, 0.05) is 6.42 Å². The van der Waals surface area contributed by atoms with E-state index in [0.717, 1.165) is 24.2 Å². The Morgan fingerprint density at radius 2 is 1.44 bits per heavy atom. The first-order chi connectivity index (χ1) is 13.2. The van der Waals surface area contributed by atoms with Crippen molar-refractivity contribution in [2.75, 3.05) is 0 Å². The zero-order chi connectivity index (χ0) is 19.1. The molecular formula is C25H38O2. The highest BCUT2D eigenvalue weighted by Gasteiger charge is 2.31. The van der Waals surface area contributed by atoms with Crippen LogP contribution in [-0.4, -0.2) is 5.97 Å². The van der Waals surface area contributed by atoms with E-state index in [-0.39, 0.29) is 5.97 Å². The van der Waals surface area contributed by atoms with E-state index < -0.39 is 0 Å². The first-order valence-corrected chi connectivity index (χ1v) is 11.5. The van der Waals surface area contributed by atoms with E-state index in [0.29, 0.717) is 18.1 Å². The lowest BCUT2D eigenvalue weighted by atomic mass is 9.68. The highest BCUT2D eigenvalue weighted by molar-refractivity contribution is 5.72.